The lowest BCUT2D eigenvalue weighted by molar-refractivity contribution is 0.312. The van der Waals surface area contributed by atoms with Crippen LogP contribution < -0.4 is 4.84 Å². The fraction of sp³-hybridized carbons (Fsp3) is 0.133. The van der Waals surface area contributed by atoms with Crippen LogP contribution in [-0.4, -0.2) is 25.6 Å². The minimum absolute atomic E-state index is 0.219. The van der Waals surface area contributed by atoms with E-state index < -0.39 is 0 Å². The summed E-state index contributed by atoms with van der Waals surface area (Å²) in [6.07, 6.45) is 6.74. The Balaban J connectivity index is 1.84. The third kappa shape index (κ3) is 3.15. The van der Waals surface area contributed by atoms with Crippen molar-refractivity contribution in [3.05, 3.63) is 53.6 Å². The highest BCUT2D eigenvalue weighted by Crippen LogP contribution is 2.27. The van der Waals surface area contributed by atoms with E-state index in [0.717, 1.165) is 26.9 Å². The summed E-state index contributed by atoms with van der Waals surface area (Å²) >= 11 is 1.55. The monoisotopic (exact) mass is 311 g/mol. The molecule has 110 valence electrons. The van der Waals surface area contributed by atoms with Crippen molar-refractivity contribution in [1.82, 2.24) is 19.9 Å². The molecule has 0 fully saturated rings. The molecule has 7 heteroatoms. The summed E-state index contributed by atoms with van der Waals surface area (Å²) in [5, 5.41) is 4.99. The molecular formula is C15H13N5OS. The molecule has 3 heterocycles. The Labute approximate surface area is 131 Å². The Morgan fingerprint density at radius 2 is 2.00 bits per heavy atom. The van der Waals surface area contributed by atoms with Crippen LogP contribution in [-0.2, 0) is 0 Å². The molecule has 0 aliphatic carbocycles. The second-order valence-electron chi connectivity index (χ2n) is 4.47. The van der Waals surface area contributed by atoms with Crippen LogP contribution in [0.3, 0.4) is 0 Å². The normalized spacial score (nSPS) is 11.5. The second-order valence-corrected chi connectivity index (χ2v) is 5.47. The van der Waals surface area contributed by atoms with Crippen molar-refractivity contribution in [1.29, 1.82) is 0 Å². The lowest BCUT2D eigenvalue weighted by atomic mass is 10.3. The number of aromatic nitrogens is 4. The Morgan fingerprint density at radius 3 is 2.73 bits per heavy atom. The van der Waals surface area contributed by atoms with Gasteiger partial charge in [-0.3, -0.25) is 4.98 Å². The molecule has 0 amide bonds. The molecule has 0 saturated carbocycles. The van der Waals surface area contributed by atoms with Crippen molar-refractivity contribution in [2.45, 2.75) is 13.8 Å². The molecule has 0 unspecified atom stereocenters. The summed E-state index contributed by atoms with van der Waals surface area (Å²) in [5.74, 6) is 0. The molecule has 0 aliphatic rings. The average Bonchev–Trinajstić information content (AvgIpc) is 2.96. The predicted molar refractivity (Wildman–Crippen MR) is 85.0 cm³/mol. The van der Waals surface area contributed by atoms with Gasteiger partial charge in [0.15, 0.2) is 0 Å². The summed E-state index contributed by atoms with van der Waals surface area (Å²) in [5.41, 5.74) is 2.63. The van der Waals surface area contributed by atoms with Crippen molar-refractivity contribution >= 4 is 17.0 Å². The summed E-state index contributed by atoms with van der Waals surface area (Å²) in [6, 6.07) is 5.81. The van der Waals surface area contributed by atoms with Gasteiger partial charge in [0.25, 0.3) is 0 Å². The molecule has 0 N–H and O–H groups in total. The first-order chi connectivity index (χ1) is 10.7. The standard InChI is InChI=1S/C15H13N5OS/c1-10-13(11(2)20-21-15-17-7-4-8-18-15)22-14(19-10)12-5-3-6-16-9-12/h3-9H,1-2H3. The van der Waals surface area contributed by atoms with E-state index >= 15 is 0 Å². The fourth-order valence-electron chi connectivity index (χ4n) is 1.83. The molecule has 6 nitrogen and oxygen atoms in total. The van der Waals surface area contributed by atoms with E-state index in [9.17, 15) is 0 Å². The highest BCUT2D eigenvalue weighted by atomic mass is 32.1. The molecule has 3 rings (SSSR count). The second kappa shape index (κ2) is 6.40. The van der Waals surface area contributed by atoms with E-state index in [-0.39, 0.29) is 6.01 Å². The van der Waals surface area contributed by atoms with Gasteiger partial charge in [0.1, 0.15) is 5.01 Å². The molecule has 0 aliphatic heterocycles. The van der Waals surface area contributed by atoms with Gasteiger partial charge in [-0.1, -0.05) is 5.16 Å². The summed E-state index contributed by atoms with van der Waals surface area (Å²) < 4.78 is 0. The zero-order chi connectivity index (χ0) is 15.4. The Bertz CT molecular complexity index is 786. The van der Waals surface area contributed by atoms with Crippen molar-refractivity contribution < 1.29 is 4.84 Å². The number of nitrogens with zero attached hydrogens (tertiary/aromatic N) is 5. The molecule has 0 radical (unpaired) electrons. The molecule has 22 heavy (non-hydrogen) atoms. The lowest BCUT2D eigenvalue weighted by Gasteiger charge is -1.98. The minimum atomic E-state index is 0.219. The number of oxime groups is 1. The summed E-state index contributed by atoms with van der Waals surface area (Å²) in [6.45, 7) is 3.82. The van der Waals surface area contributed by atoms with Gasteiger partial charge < -0.3 is 4.84 Å². The van der Waals surface area contributed by atoms with Crippen molar-refractivity contribution in [2.75, 3.05) is 0 Å². The molecule has 3 aromatic rings. The first kappa shape index (κ1) is 14.3. The molecule has 0 atom stereocenters. The SMILES string of the molecule is CC(=NOc1ncccn1)c1sc(-c2cccnc2)nc1C. The molecular weight excluding hydrogens is 298 g/mol. The van der Waals surface area contributed by atoms with Crippen LogP contribution >= 0.6 is 11.3 Å². The topological polar surface area (TPSA) is 73.2 Å². The van der Waals surface area contributed by atoms with Crippen LogP contribution in [0.2, 0.25) is 0 Å². The smallest absolute Gasteiger partial charge is 0.315 e. The van der Waals surface area contributed by atoms with E-state index in [1.807, 2.05) is 26.0 Å². The third-order valence-corrected chi connectivity index (χ3v) is 4.16. The molecule has 3 aromatic heterocycles. The summed E-state index contributed by atoms with van der Waals surface area (Å²) in [4.78, 5) is 22.8. The van der Waals surface area contributed by atoms with Crippen LogP contribution in [0.25, 0.3) is 10.6 Å². The number of aryl methyl sites for hydroxylation is 1. The zero-order valence-corrected chi connectivity index (χ0v) is 12.9. The van der Waals surface area contributed by atoms with Crippen LogP contribution in [0.15, 0.2) is 48.1 Å². The van der Waals surface area contributed by atoms with Gasteiger partial charge >= 0.3 is 6.01 Å². The van der Waals surface area contributed by atoms with E-state index in [1.165, 1.54) is 0 Å². The molecule has 0 aromatic carbocycles. The van der Waals surface area contributed by atoms with Gasteiger partial charge in [0.05, 0.1) is 16.3 Å². The minimum Gasteiger partial charge on any atom is -0.315 e. The van der Waals surface area contributed by atoms with Gasteiger partial charge in [0.2, 0.25) is 0 Å². The van der Waals surface area contributed by atoms with Crippen molar-refractivity contribution in [3.8, 4) is 16.6 Å². The molecule has 0 bridgehead atoms. The predicted octanol–water partition coefficient (Wildman–Crippen LogP) is 3.11. The van der Waals surface area contributed by atoms with Crippen LogP contribution in [0.4, 0.5) is 0 Å². The van der Waals surface area contributed by atoms with E-state index in [1.54, 1.807) is 42.2 Å². The number of hydrogen-bond donors (Lipinski definition) is 0. The highest BCUT2D eigenvalue weighted by Gasteiger charge is 2.12. The maximum Gasteiger partial charge on any atom is 0.345 e. The fourth-order valence-corrected chi connectivity index (χ4v) is 2.82. The first-order valence-corrected chi connectivity index (χ1v) is 7.42. The largest absolute Gasteiger partial charge is 0.345 e. The highest BCUT2D eigenvalue weighted by molar-refractivity contribution is 7.17. The van der Waals surface area contributed by atoms with E-state index in [4.69, 9.17) is 4.84 Å². The van der Waals surface area contributed by atoms with Gasteiger partial charge in [-0.2, -0.15) is 0 Å². The quantitative estimate of drug-likeness (QED) is 0.547. The maximum atomic E-state index is 5.22. The number of hydrogen-bond acceptors (Lipinski definition) is 7. The number of pyridine rings is 1. The Kier molecular flexibility index (Phi) is 4.15. The first-order valence-electron chi connectivity index (χ1n) is 6.61. The maximum absolute atomic E-state index is 5.22. The summed E-state index contributed by atoms with van der Waals surface area (Å²) in [7, 11) is 0. The molecule has 0 saturated heterocycles. The Hall–Kier alpha value is -2.67. The number of rotatable bonds is 4. The van der Waals surface area contributed by atoms with Crippen LogP contribution in [0, 0.1) is 6.92 Å². The van der Waals surface area contributed by atoms with Gasteiger partial charge in [-0.05, 0) is 32.0 Å². The molecule has 0 spiro atoms. The van der Waals surface area contributed by atoms with Crippen LogP contribution in [0.5, 0.6) is 6.01 Å². The van der Waals surface area contributed by atoms with Crippen LogP contribution in [0.1, 0.15) is 17.5 Å². The lowest BCUT2D eigenvalue weighted by Crippen LogP contribution is -1.99. The van der Waals surface area contributed by atoms with Gasteiger partial charge in [-0.25, -0.2) is 15.0 Å². The van der Waals surface area contributed by atoms with E-state index in [2.05, 4.69) is 25.1 Å². The zero-order valence-electron chi connectivity index (χ0n) is 12.1. The van der Waals surface area contributed by atoms with E-state index in [0.29, 0.717) is 0 Å². The van der Waals surface area contributed by atoms with Gasteiger partial charge in [0, 0.05) is 30.4 Å². The van der Waals surface area contributed by atoms with Crippen molar-refractivity contribution in [3.63, 3.8) is 0 Å². The van der Waals surface area contributed by atoms with Gasteiger partial charge in [-0.15, -0.1) is 11.3 Å². The Morgan fingerprint density at radius 1 is 1.18 bits per heavy atom. The average molecular weight is 311 g/mol. The third-order valence-electron chi connectivity index (χ3n) is 2.84. The van der Waals surface area contributed by atoms with Crippen molar-refractivity contribution in [2.24, 2.45) is 5.16 Å². The number of thiazole rings is 1.